The van der Waals surface area contributed by atoms with Crippen molar-refractivity contribution in [2.24, 2.45) is 0 Å². The van der Waals surface area contributed by atoms with E-state index in [1.54, 1.807) is 17.3 Å². The number of aryl methyl sites for hydroxylation is 1. The third-order valence-corrected chi connectivity index (χ3v) is 3.97. The van der Waals surface area contributed by atoms with Crippen molar-refractivity contribution in [2.75, 3.05) is 13.6 Å². The lowest BCUT2D eigenvalue weighted by Crippen LogP contribution is -2.29. The molecular weight excluding hydrogens is 288 g/mol. The highest BCUT2D eigenvalue weighted by atomic mass is 16.2. The van der Waals surface area contributed by atoms with Crippen LogP contribution < -0.4 is 0 Å². The Hall–Kier alpha value is -2.69. The monoisotopic (exact) mass is 308 g/mol. The van der Waals surface area contributed by atoms with Crippen LogP contribution in [0.15, 0.2) is 48.9 Å². The topological polar surface area (TPSA) is 50.5 Å². The third-order valence-electron chi connectivity index (χ3n) is 3.97. The quantitative estimate of drug-likeness (QED) is 0.728. The molecule has 5 nitrogen and oxygen atoms in total. The van der Waals surface area contributed by atoms with Crippen LogP contribution >= 0.6 is 0 Å². The number of carbonyl (C=O) groups excluding carboxylic acids is 1. The second-order valence-corrected chi connectivity index (χ2v) is 5.52. The molecule has 0 spiro atoms. The lowest BCUT2D eigenvalue weighted by molar-refractivity contribution is 0.0793. The highest BCUT2D eigenvalue weighted by Crippen LogP contribution is 2.15. The molecule has 23 heavy (non-hydrogen) atoms. The predicted molar refractivity (Wildman–Crippen MR) is 89.5 cm³/mol. The Morgan fingerprint density at radius 3 is 2.74 bits per heavy atom. The van der Waals surface area contributed by atoms with E-state index in [9.17, 15) is 4.79 Å². The average Bonchev–Trinajstić information content (AvgIpc) is 2.98. The number of nitrogens with zero attached hydrogens (tertiary/aromatic N) is 4. The molecule has 118 valence electrons. The SMILES string of the molecule is CCc1nc(C(=O)N(C)CCc2ccncc2)c2ccccn12. The van der Waals surface area contributed by atoms with Crippen LogP contribution in [0.2, 0.25) is 0 Å². The predicted octanol–water partition coefficient (Wildman–Crippen LogP) is 2.61. The van der Waals surface area contributed by atoms with E-state index in [2.05, 4.69) is 9.97 Å². The first-order valence-corrected chi connectivity index (χ1v) is 7.81. The number of hydrogen-bond acceptors (Lipinski definition) is 3. The van der Waals surface area contributed by atoms with Gasteiger partial charge in [0.2, 0.25) is 0 Å². The maximum absolute atomic E-state index is 12.7. The van der Waals surface area contributed by atoms with Crippen LogP contribution in [-0.4, -0.2) is 38.8 Å². The molecule has 0 aliphatic heterocycles. The summed E-state index contributed by atoms with van der Waals surface area (Å²) < 4.78 is 1.99. The third kappa shape index (κ3) is 3.08. The molecular formula is C18H20N4O. The molecule has 0 N–H and O–H groups in total. The Kier molecular flexibility index (Phi) is 4.37. The second kappa shape index (κ2) is 6.60. The molecule has 3 aromatic rings. The number of rotatable bonds is 5. The normalized spacial score (nSPS) is 10.9. The van der Waals surface area contributed by atoms with Crippen LogP contribution in [0.25, 0.3) is 5.52 Å². The largest absolute Gasteiger partial charge is 0.340 e. The molecule has 0 atom stereocenters. The van der Waals surface area contributed by atoms with Gasteiger partial charge in [-0.3, -0.25) is 9.78 Å². The molecule has 3 heterocycles. The molecule has 3 aromatic heterocycles. The Labute approximate surface area is 135 Å². The van der Waals surface area contributed by atoms with Crippen molar-refractivity contribution >= 4 is 11.4 Å². The highest BCUT2D eigenvalue weighted by Gasteiger charge is 2.19. The maximum Gasteiger partial charge on any atom is 0.274 e. The number of fused-ring (bicyclic) bond motifs is 1. The summed E-state index contributed by atoms with van der Waals surface area (Å²) in [7, 11) is 1.82. The first-order valence-electron chi connectivity index (χ1n) is 7.81. The lowest BCUT2D eigenvalue weighted by Gasteiger charge is -2.16. The molecule has 0 aromatic carbocycles. The number of carbonyl (C=O) groups is 1. The van der Waals surface area contributed by atoms with E-state index in [-0.39, 0.29) is 5.91 Å². The van der Waals surface area contributed by atoms with E-state index in [1.807, 2.05) is 54.9 Å². The summed E-state index contributed by atoms with van der Waals surface area (Å²) in [6.45, 7) is 2.69. The fourth-order valence-electron chi connectivity index (χ4n) is 2.64. The Morgan fingerprint density at radius 2 is 2.00 bits per heavy atom. The van der Waals surface area contributed by atoms with Gasteiger partial charge in [0, 0.05) is 38.6 Å². The molecule has 0 aliphatic rings. The minimum absolute atomic E-state index is 0.0394. The van der Waals surface area contributed by atoms with Crippen LogP contribution in [0.1, 0.15) is 28.8 Å². The Morgan fingerprint density at radius 1 is 1.22 bits per heavy atom. The van der Waals surface area contributed by atoms with E-state index in [1.165, 1.54) is 5.56 Å². The molecule has 0 saturated carbocycles. The lowest BCUT2D eigenvalue weighted by atomic mass is 10.2. The number of amides is 1. The number of pyridine rings is 2. The van der Waals surface area contributed by atoms with E-state index in [0.717, 1.165) is 24.2 Å². The zero-order valence-electron chi connectivity index (χ0n) is 13.4. The van der Waals surface area contributed by atoms with Gasteiger partial charge in [0.15, 0.2) is 5.69 Å². The molecule has 0 aliphatic carbocycles. The highest BCUT2D eigenvalue weighted by molar-refractivity contribution is 5.99. The van der Waals surface area contributed by atoms with E-state index < -0.39 is 0 Å². The van der Waals surface area contributed by atoms with Crippen LogP contribution in [0.5, 0.6) is 0 Å². The van der Waals surface area contributed by atoms with Gasteiger partial charge in [0.1, 0.15) is 5.82 Å². The van der Waals surface area contributed by atoms with Crippen molar-refractivity contribution in [2.45, 2.75) is 19.8 Å². The molecule has 1 amide bonds. The first-order chi connectivity index (χ1) is 11.2. The van der Waals surface area contributed by atoms with E-state index in [0.29, 0.717) is 12.2 Å². The molecule has 0 fully saturated rings. The molecule has 5 heteroatoms. The van der Waals surface area contributed by atoms with Gasteiger partial charge in [-0.1, -0.05) is 13.0 Å². The summed E-state index contributed by atoms with van der Waals surface area (Å²) in [5, 5.41) is 0. The minimum Gasteiger partial charge on any atom is -0.340 e. The summed E-state index contributed by atoms with van der Waals surface area (Å²) in [5.41, 5.74) is 2.56. The van der Waals surface area contributed by atoms with Gasteiger partial charge in [-0.25, -0.2) is 4.98 Å². The van der Waals surface area contributed by atoms with Gasteiger partial charge in [0.05, 0.1) is 5.52 Å². The minimum atomic E-state index is -0.0394. The fraction of sp³-hybridized carbons (Fsp3) is 0.278. The Bertz CT molecular complexity index is 810. The molecule has 0 saturated heterocycles. The van der Waals surface area contributed by atoms with Crippen LogP contribution in [0.3, 0.4) is 0 Å². The molecule has 3 rings (SSSR count). The Balaban J connectivity index is 1.80. The summed E-state index contributed by atoms with van der Waals surface area (Å²) in [6, 6.07) is 9.77. The van der Waals surface area contributed by atoms with Gasteiger partial charge < -0.3 is 9.30 Å². The summed E-state index contributed by atoms with van der Waals surface area (Å²) in [5.74, 6) is 0.869. The van der Waals surface area contributed by atoms with Crippen molar-refractivity contribution in [3.8, 4) is 0 Å². The van der Waals surface area contributed by atoms with Crippen molar-refractivity contribution < 1.29 is 4.79 Å². The average molecular weight is 308 g/mol. The van der Waals surface area contributed by atoms with Gasteiger partial charge >= 0.3 is 0 Å². The zero-order chi connectivity index (χ0) is 16.2. The first kappa shape index (κ1) is 15.2. The van der Waals surface area contributed by atoms with Gasteiger partial charge in [0.25, 0.3) is 5.91 Å². The summed E-state index contributed by atoms with van der Waals surface area (Å²) in [4.78, 5) is 23.0. The van der Waals surface area contributed by atoms with Gasteiger partial charge in [-0.05, 0) is 36.2 Å². The summed E-state index contributed by atoms with van der Waals surface area (Å²) >= 11 is 0. The van der Waals surface area contributed by atoms with Crippen LogP contribution in [0, 0.1) is 0 Å². The van der Waals surface area contributed by atoms with E-state index >= 15 is 0 Å². The number of likely N-dealkylation sites (N-methyl/N-ethyl adjacent to an activating group) is 1. The molecule has 0 radical (unpaired) electrons. The van der Waals surface area contributed by atoms with Crippen LogP contribution in [-0.2, 0) is 12.8 Å². The second-order valence-electron chi connectivity index (χ2n) is 5.52. The van der Waals surface area contributed by atoms with Gasteiger partial charge in [-0.2, -0.15) is 0 Å². The van der Waals surface area contributed by atoms with Crippen molar-refractivity contribution in [1.82, 2.24) is 19.3 Å². The van der Waals surface area contributed by atoms with E-state index in [4.69, 9.17) is 0 Å². The number of imidazole rings is 1. The fourth-order valence-corrected chi connectivity index (χ4v) is 2.64. The standard InChI is InChI=1S/C18H20N4O/c1-3-16-20-17(15-6-4-5-12-22(15)16)18(23)21(2)13-9-14-7-10-19-11-8-14/h4-8,10-12H,3,9,13H2,1-2H3. The summed E-state index contributed by atoms with van der Waals surface area (Å²) in [6.07, 6.45) is 7.09. The van der Waals surface area contributed by atoms with Crippen molar-refractivity contribution in [3.63, 3.8) is 0 Å². The maximum atomic E-state index is 12.7. The van der Waals surface area contributed by atoms with Crippen molar-refractivity contribution in [3.05, 3.63) is 66.0 Å². The number of aromatic nitrogens is 3. The number of hydrogen-bond donors (Lipinski definition) is 0. The van der Waals surface area contributed by atoms with Crippen molar-refractivity contribution in [1.29, 1.82) is 0 Å². The smallest absolute Gasteiger partial charge is 0.274 e. The van der Waals surface area contributed by atoms with Gasteiger partial charge in [-0.15, -0.1) is 0 Å². The zero-order valence-corrected chi connectivity index (χ0v) is 13.4. The molecule has 0 bridgehead atoms. The van der Waals surface area contributed by atoms with Crippen LogP contribution in [0.4, 0.5) is 0 Å². The molecule has 0 unspecified atom stereocenters.